The average molecular weight is 408 g/mol. The number of aromatic nitrogens is 2. The van der Waals surface area contributed by atoms with E-state index < -0.39 is 11.9 Å². The number of carbonyl (C=O) groups excluding carboxylic acids is 2. The topological polar surface area (TPSA) is 81.2 Å². The van der Waals surface area contributed by atoms with Gasteiger partial charge in [-0.2, -0.15) is 0 Å². The van der Waals surface area contributed by atoms with Crippen molar-refractivity contribution in [2.24, 2.45) is 0 Å². The third-order valence-electron chi connectivity index (χ3n) is 4.00. The molecule has 0 atom stereocenters. The number of benzene rings is 1. The van der Waals surface area contributed by atoms with Gasteiger partial charge in [-0.3, -0.25) is 9.59 Å². The van der Waals surface area contributed by atoms with Crippen LogP contribution in [0.4, 0.5) is 5.69 Å². The van der Waals surface area contributed by atoms with E-state index in [9.17, 15) is 9.59 Å². The quantitative estimate of drug-likeness (QED) is 0.426. The molecule has 27 heavy (non-hydrogen) atoms. The third-order valence-corrected chi connectivity index (χ3v) is 4.78. The number of halogens is 1. The van der Waals surface area contributed by atoms with Crippen molar-refractivity contribution >= 4 is 40.9 Å². The number of nitrogens with zero attached hydrogens (tertiary/aromatic N) is 2. The minimum Gasteiger partial charge on any atom is -0.456 e. The van der Waals surface area contributed by atoms with Gasteiger partial charge in [0.2, 0.25) is 0 Å². The van der Waals surface area contributed by atoms with Gasteiger partial charge in [-0.15, -0.1) is 0 Å². The molecule has 0 aliphatic rings. The second-order valence-corrected chi connectivity index (χ2v) is 7.24. The van der Waals surface area contributed by atoms with Crippen molar-refractivity contribution in [3.05, 3.63) is 45.7 Å². The maximum Gasteiger partial charge on any atom is 0.306 e. The predicted molar refractivity (Wildman–Crippen MR) is 107 cm³/mol. The maximum atomic E-state index is 12.0. The fourth-order valence-corrected chi connectivity index (χ4v) is 3.15. The van der Waals surface area contributed by atoms with Crippen LogP contribution in [0.5, 0.6) is 0 Å². The van der Waals surface area contributed by atoms with Crippen LogP contribution >= 0.6 is 23.4 Å². The molecule has 0 bridgehead atoms. The number of nitrogens with one attached hydrogen (secondary N) is 1. The number of carbonyl (C=O) groups is 2. The Labute approximate surface area is 168 Å². The number of amides is 1. The second kappa shape index (κ2) is 9.71. The third kappa shape index (κ3) is 6.22. The molecule has 144 valence electrons. The standard InChI is InChI=1S/C19H22ClN3O3S/c1-11-5-6-14(20)9-16(11)23-17(24)10-26-18(25)8-7-15-12(2)21-19(27-4)22-13(15)3/h5-6,9H,7-8,10H2,1-4H3,(H,23,24). The number of hydrogen-bond acceptors (Lipinski definition) is 6. The van der Waals surface area contributed by atoms with Gasteiger partial charge >= 0.3 is 5.97 Å². The highest BCUT2D eigenvalue weighted by Crippen LogP contribution is 2.20. The molecule has 0 radical (unpaired) electrons. The molecule has 2 rings (SSSR count). The van der Waals surface area contributed by atoms with Gasteiger partial charge < -0.3 is 10.1 Å². The van der Waals surface area contributed by atoms with Crippen molar-refractivity contribution in [3.63, 3.8) is 0 Å². The summed E-state index contributed by atoms with van der Waals surface area (Å²) in [5.41, 5.74) is 4.12. The van der Waals surface area contributed by atoms with Crippen LogP contribution in [0.15, 0.2) is 23.4 Å². The number of ether oxygens (including phenoxy) is 1. The number of hydrogen-bond donors (Lipinski definition) is 1. The van der Waals surface area contributed by atoms with E-state index in [4.69, 9.17) is 16.3 Å². The lowest BCUT2D eigenvalue weighted by atomic mass is 10.1. The lowest BCUT2D eigenvalue weighted by Crippen LogP contribution is -2.21. The fraction of sp³-hybridized carbons (Fsp3) is 0.368. The molecule has 1 aromatic carbocycles. The molecule has 2 aromatic rings. The van der Waals surface area contributed by atoms with E-state index >= 15 is 0 Å². The van der Waals surface area contributed by atoms with E-state index in [0.717, 1.165) is 22.5 Å². The lowest BCUT2D eigenvalue weighted by molar-refractivity contribution is -0.147. The monoisotopic (exact) mass is 407 g/mol. The second-order valence-electron chi connectivity index (χ2n) is 6.03. The summed E-state index contributed by atoms with van der Waals surface area (Å²) in [6.07, 6.45) is 2.55. The Morgan fingerprint density at radius 3 is 2.48 bits per heavy atom. The van der Waals surface area contributed by atoms with Crippen molar-refractivity contribution in [2.75, 3.05) is 18.2 Å². The minimum absolute atomic E-state index is 0.160. The van der Waals surface area contributed by atoms with Crippen molar-refractivity contribution in [3.8, 4) is 0 Å². The zero-order valence-electron chi connectivity index (χ0n) is 15.8. The molecule has 0 saturated carbocycles. The van der Waals surface area contributed by atoms with Crippen molar-refractivity contribution in [1.29, 1.82) is 0 Å². The molecule has 0 aliphatic carbocycles. The van der Waals surface area contributed by atoms with E-state index in [1.54, 1.807) is 18.2 Å². The molecule has 1 N–H and O–H groups in total. The fourth-order valence-electron chi connectivity index (χ4n) is 2.52. The Bertz CT molecular complexity index is 835. The van der Waals surface area contributed by atoms with Crippen molar-refractivity contribution < 1.29 is 14.3 Å². The largest absolute Gasteiger partial charge is 0.456 e. The average Bonchev–Trinajstić information content (AvgIpc) is 2.62. The number of aryl methyl sites for hydroxylation is 3. The Hall–Kier alpha value is -2.12. The zero-order valence-corrected chi connectivity index (χ0v) is 17.3. The number of anilines is 1. The van der Waals surface area contributed by atoms with Gasteiger partial charge in [0, 0.05) is 28.5 Å². The summed E-state index contributed by atoms with van der Waals surface area (Å²) < 4.78 is 5.06. The molecular weight excluding hydrogens is 386 g/mol. The summed E-state index contributed by atoms with van der Waals surface area (Å²) in [6.45, 7) is 5.31. The number of thioether (sulfide) groups is 1. The summed E-state index contributed by atoms with van der Waals surface area (Å²) >= 11 is 7.40. The molecule has 8 heteroatoms. The van der Waals surface area contributed by atoms with Crippen molar-refractivity contribution in [2.45, 2.75) is 38.8 Å². The van der Waals surface area contributed by atoms with Crippen LogP contribution in [0.1, 0.15) is 28.9 Å². The van der Waals surface area contributed by atoms with E-state index in [2.05, 4.69) is 15.3 Å². The maximum absolute atomic E-state index is 12.0. The van der Waals surface area contributed by atoms with Crippen LogP contribution in [0.2, 0.25) is 5.02 Å². The Morgan fingerprint density at radius 1 is 1.19 bits per heavy atom. The van der Waals surface area contributed by atoms with E-state index in [1.807, 2.05) is 27.0 Å². The normalized spacial score (nSPS) is 10.6. The van der Waals surface area contributed by atoms with Gasteiger partial charge in [0.1, 0.15) is 0 Å². The number of esters is 1. The van der Waals surface area contributed by atoms with Gasteiger partial charge in [0.15, 0.2) is 11.8 Å². The molecule has 1 heterocycles. The van der Waals surface area contributed by atoms with Gasteiger partial charge in [0.05, 0.1) is 0 Å². The highest BCUT2D eigenvalue weighted by Gasteiger charge is 2.13. The van der Waals surface area contributed by atoms with Gasteiger partial charge in [-0.1, -0.05) is 29.4 Å². The van der Waals surface area contributed by atoms with Gasteiger partial charge in [-0.25, -0.2) is 9.97 Å². The van der Waals surface area contributed by atoms with Crippen LogP contribution in [0, 0.1) is 20.8 Å². The molecule has 0 fully saturated rings. The summed E-state index contributed by atoms with van der Waals surface area (Å²) in [5.74, 6) is -0.852. The van der Waals surface area contributed by atoms with Crippen LogP contribution in [-0.4, -0.2) is 34.7 Å². The summed E-state index contributed by atoms with van der Waals surface area (Å²) in [5, 5.41) is 3.92. The molecule has 0 spiro atoms. The molecular formula is C19H22ClN3O3S. The van der Waals surface area contributed by atoms with E-state index in [0.29, 0.717) is 22.3 Å². The predicted octanol–water partition coefficient (Wildman–Crippen LogP) is 3.89. The highest BCUT2D eigenvalue weighted by molar-refractivity contribution is 7.98. The van der Waals surface area contributed by atoms with Crippen LogP contribution in [-0.2, 0) is 20.7 Å². The Kier molecular flexibility index (Phi) is 7.62. The summed E-state index contributed by atoms with van der Waals surface area (Å²) in [7, 11) is 0. The van der Waals surface area contributed by atoms with E-state index in [1.165, 1.54) is 11.8 Å². The smallest absolute Gasteiger partial charge is 0.306 e. The number of rotatable bonds is 7. The summed E-state index contributed by atoms with van der Waals surface area (Å²) in [4.78, 5) is 32.7. The first kappa shape index (κ1) is 21.2. The molecule has 1 amide bonds. The zero-order chi connectivity index (χ0) is 20.0. The Morgan fingerprint density at radius 2 is 1.85 bits per heavy atom. The SMILES string of the molecule is CSc1nc(C)c(CCC(=O)OCC(=O)Nc2cc(Cl)ccc2C)c(C)n1. The first-order valence-electron chi connectivity index (χ1n) is 8.40. The minimum atomic E-state index is -0.444. The van der Waals surface area contributed by atoms with E-state index in [-0.39, 0.29) is 13.0 Å². The molecule has 0 aliphatic heterocycles. The van der Waals surface area contributed by atoms with Gasteiger partial charge in [-0.05, 0) is 56.7 Å². The summed E-state index contributed by atoms with van der Waals surface area (Å²) in [6, 6.07) is 5.20. The van der Waals surface area contributed by atoms with Gasteiger partial charge in [0.25, 0.3) is 5.91 Å². The molecule has 0 saturated heterocycles. The highest BCUT2D eigenvalue weighted by atomic mass is 35.5. The van der Waals surface area contributed by atoms with Crippen LogP contribution in [0.25, 0.3) is 0 Å². The Balaban J connectivity index is 1.84. The van der Waals surface area contributed by atoms with Crippen LogP contribution in [0.3, 0.4) is 0 Å². The molecule has 0 unspecified atom stereocenters. The first-order chi connectivity index (χ1) is 12.8. The lowest BCUT2D eigenvalue weighted by Gasteiger charge is -2.11. The van der Waals surface area contributed by atoms with Crippen molar-refractivity contribution in [1.82, 2.24) is 9.97 Å². The first-order valence-corrected chi connectivity index (χ1v) is 10.00. The molecule has 1 aromatic heterocycles. The molecule has 6 nitrogen and oxygen atoms in total. The van der Waals surface area contributed by atoms with Crippen LogP contribution < -0.4 is 5.32 Å².